The van der Waals surface area contributed by atoms with E-state index in [2.05, 4.69) is 11.6 Å². The molecule has 1 amide bonds. The summed E-state index contributed by atoms with van der Waals surface area (Å²) in [6.45, 7) is 7.22. The molecule has 2 aromatic rings. The van der Waals surface area contributed by atoms with Crippen LogP contribution in [0.15, 0.2) is 75.8 Å². The van der Waals surface area contributed by atoms with Gasteiger partial charge < -0.3 is 14.9 Å². The van der Waals surface area contributed by atoms with Gasteiger partial charge in [0, 0.05) is 36.8 Å². The van der Waals surface area contributed by atoms with E-state index in [9.17, 15) is 9.90 Å². The number of rotatable bonds is 3. The number of carbonyl (C=O) groups is 1. The summed E-state index contributed by atoms with van der Waals surface area (Å²) in [6, 6.07) is 10.9. The minimum absolute atomic E-state index is 0.00742. The first-order valence-corrected chi connectivity index (χ1v) is 11.0. The molecule has 0 radical (unpaired) electrons. The highest BCUT2D eigenvalue weighted by Gasteiger charge is 2.29. The van der Waals surface area contributed by atoms with Gasteiger partial charge in [0.25, 0.3) is 0 Å². The number of amides is 1. The van der Waals surface area contributed by atoms with Crippen LogP contribution in [-0.2, 0) is 4.79 Å². The number of aliphatic imine (C=N–C) groups is 1. The Hall–Kier alpha value is -3.03. The van der Waals surface area contributed by atoms with Crippen molar-refractivity contribution < 1.29 is 9.90 Å². The van der Waals surface area contributed by atoms with Crippen molar-refractivity contribution in [2.75, 3.05) is 19.6 Å². The Morgan fingerprint density at radius 2 is 2.09 bits per heavy atom. The van der Waals surface area contributed by atoms with Gasteiger partial charge in [0.15, 0.2) is 5.84 Å². The predicted octanol–water partition coefficient (Wildman–Crippen LogP) is 4.31. The summed E-state index contributed by atoms with van der Waals surface area (Å²) in [5.41, 5.74) is 1.61. The first-order valence-electron chi connectivity index (χ1n) is 10.2. The average Bonchev–Trinajstić information content (AvgIpc) is 2.78. The topological polar surface area (TPSA) is 80.0 Å². The Bertz CT molecular complexity index is 1230. The van der Waals surface area contributed by atoms with Crippen LogP contribution in [0, 0.1) is 5.41 Å². The lowest BCUT2D eigenvalue weighted by molar-refractivity contribution is -0.128. The number of amidine groups is 1. The number of halogens is 1. The van der Waals surface area contributed by atoms with E-state index in [0.29, 0.717) is 46.5 Å². The monoisotopic (exact) mass is 466 g/mol. The number of hydrogen-bond donors (Lipinski definition) is 3. The number of nitrogens with one attached hydrogen (secondary N) is 1. The molecule has 2 heterocycles. The Labute approximate surface area is 197 Å². The van der Waals surface area contributed by atoms with Gasteiger partial charge >= 0.3 is 0 Å². The molecule has 32 heavy (non-hydrogen) atoms. The third kappa shape index (κ3) is 4.06. The molecular weight excluding hydrogens is 444 g/mol. The minimum atomic E-state index is -0.0919. The van der Waals surface area contributed by atoms with Crippen molar-refractivity contribution in [3.05, 3.63) is 76.3 Å². The molecular formula is C24H23ClN4O2S. The van der Waals surface area contributed by atoms with Crippen LogP contribution in [0.3, 0.4) is 0 Å². The van der Waals surface area contributed by atoms with Crippen LogP contribution in [0.1, 0.15) is 12.5 Å². The number of aromatic hydroxyl groups is 1. The summed E-state index contributed by atoms with van der Waals surface area (Å²) in [4.78, 5) is 20.2. The lowest BCUT2D eigenvalue weighted by Crippen LogP contribution is -2.52. The molecule has 2 aliphatic rings. The van der Waals surface area contributed by atoms with E-state index in [-0.39, 0.29) is 23.5 Å². The van der Waals surface area contributed by atoms with E-state index in [4.69, 9.17) is 29.6 Å². The van der Waals surface area contributed by atoms with Crippen molar-refractivity contribution in [2.24, 2.45) is 4.99 Å². The van der Waals surface area contributed by atoms with Crippen LogP contribution >= 0.6 is 24.2 Å². The Kier molecular flexibility index (Phi) is 6.13. The Balaban J connectivity index is 1.67. The Morgan fingerprint density at radius 3 is 2.81 bits per heavy atom. The summed E-state index contributed by atoms with van der Waals surface area (Å²) in [5, 5.41) is 21.5. The normalized spacial score (nSPS) is 20.7. The molecule has 0 bridgehead atoms. The maximum atomic E-state index is 11.9. The second-order valence-electron chi connectivity index (χ2n) is 7.78. The van der Waals surface area contributed by atoms with Crippen LogP contribution in [0.2, 0.25) is 0 Å². The molecule has 2 aliphatic heterocycles. The summed E-state index contributed by atoms with van der Waals surface area (Å²) in [7, 11) is 0. The number of allylic oxidation sites excluding steroid dienone is 1. The number of benzene rings is 2. The highest BCUT2D eigenvalue weighted by Crippen LogP contribution is 2.32. The summed E-state index contributed by atoms with van der Waals surface area (Å²) in [5.74, 6) is 0.0545. The van der Waals surface area contributed by atoms with E-state index in [1.807, 2.05) is 36.1 Å². The van der Waals surface area contributed by atoms with E-state index in [1.54, 1.807) is 23.1 Å². The molecule has 2 aromatic carbocycles. The first-order chi connectivity index (χ1) is 15.3. The predicted molar refractivity (Wildman–Crippen MR) is 133 cm³/mol. The van der Waals surface area contributed by atoms with E-state index >= 15 is 0 Å². The molecule has 0 saturated carbocycles. The third-order valence-electron chi connectivity index (χ3n) is 5.70. The molecule has 0 aromatic heterocycles. The number of piperazine rings is 1. The van der Waals surface area contributed by atoms with Crippen LogP contribution in [0.4, 0.5) is 0 Å². The maximum absolute atomic E-state index is 11.9. The summed E-state index contributed by atoms with van der Waals surface area (Å²) in [6.07, 6.45) is 3.02. The molecule has 6 nitrogen and oxygen atoms in total. The number of carbonyl (C=O) groups excluding carboxylic acids is 1. The largest absolute Gasteiger partial charge is 0.508 e. The quantitative estimate of drug-likeness (QED) is 0.466. The number of dihydropyridines is 1. The third-order valence-corrected chi connectivity index (χ3v) is 6.49. The van der Waals surface area contributed by atoms with Crippen LogP contribution in [-0.4, -0.2) is 58.0 Å². The SMILES string of the molecule is C=CC(=O)N1CCN(/C(S)=C2\C=C(Cl)C(c3cc(O)cc4ccccc34)=NC2=N)C(C)C1. The second-order valence-corrected chi connectivity index (χ2v) is 8.61. The zero-order valence-corrected chi connectivity index (χ0v) is 19.2. The number of phenolic OH excluding ortho intramolecular Hbond substituents is 1. The van der Waals surface area contributed by atoms with Crippen molar-refractivity contribution in [1.29, 1.82) is 5.41 Å². The summed E-state index contributed by atoms with van der Waals surface area (Å²) >= 11 is 11.3. The van der Waals surface area contributed by atoms with Gasteiger partial charge in [0.1, 0.15) is 5.75 Å². The highest BCUT2D eigenvalue weighted by molar-refractivity contribution is 7.84. The van der Waals surface area contributed by atoms with Gasteiger partial charge in [-0.3, -0.25) is 10.2 Å². The number of nitrogens with zero attached hydrogens (tertiary/aromatic N) is 3. The molecule has 1 unspecified atom stereocenters. The highest BCUT2D eigenvalue weighted by atomic mass is 35.5. The number of hydrogen-bond acceptors (Lipinski definition) is 5. The van der Waals surface area contributed by atoms with Crippen LogP contribution in [0.25, 0.3) is 10.8 Å². The lowest BCUT2D eigenvalue weighted by Gasteiger charge is -2.41. The standard InChI is InChI=1S/C24H23ClN4O2S/c1-3-21(31)28-8-9-29(14(2)13-28)24(32)19-12-20(25)22(27-23(19)26)18-11-16(30)10-15-6-4-5-7-17(15)18/h3-7,10-12,14,26,30,32H,1,8-9,13H2,2H3/b24-19-,26-23?. The van der Waals surface area contributed by atoms with Gasteiger partial charge in [-0.15, -0.1) is 12.6 Å². The van der Waals surface area contributed by atoms with Crippen molar-refractivity contribution in [3.63, 3.8) is 0 Å². The van der Waals surface area contributed by atoms with Crippen LogP contribution < -0.4 is 0 Å². The van der Waals surface area contributed by atoms with Gasteiger partial charge in [0.2, 0.25) is 5.91 Å². The fraction of sp³-hybridized carbons (Fsp3) is 0.208. The van der Waals surface area contributed by atoms with Gasteiger partial charge in [-0.1, -0.05) is 42.4 Å². The van der Waals surface area contributed by atoms with Gasteiger partial charge in [-0.2, -0.15) is 0 Å². The van der Waals surface area contributed by atoms with Gasteiger partial charge in [0.05, 0.1) is 15.8 Å². The Morgan fingerprint density at radius 1 is 1.34 bits per heavy atom. The molecule has 2 N–H and O–H groups in total. The zero-order chi connectivity index (χ0) is 23.0. The molecule has 1 fully saturated rings. The fourth-order valence-corrected chi connectivity index (χ4v) is 4.82. The molecule has 0 aliphatic carbocycles. The maximum Gasteiger partial charge on any atom is 0.246 e. The first kappa shape index (κ1) is 22.2. The molecule has 8 heteroatoms. The molecule has 164 valence electrons. The number of phenols is 1. The average molecular weight is 467 g/mol. The fourth-order valence-electron chi connectivity index (χ4n) is 4.10. The molecule has 1 saturated heterocycles. The van der Waals surface area contributed by atoms with Crippen molar-refractivity contribution >= 4 is 52.5 Å². The van der Waals surface area contributed by atoms with E-state index in [0.717, 1.165) is 10.8 Å². The molecule has 1 atom stereocenters. The zero-order valence-electron chi connectivity index (χ0n) is 17.5. The lowest BCUT2D eigenvalue weighted by atomic mass is 9.97. The van der Waals surface area contributed by atoms with Gasteiger partial charge in [-0.05, 0) is 42.0 Å². The molecule has 0 spiro atoms. The van der Waals surface area contributed by atoms with E-state index < -0.39 is 0 Å². The van der Waals surface area contributed by atoms with E-state index in [1.165, 1.54) is 6.08 Å². The van der Waals surface area contributed by atoms with Crippen molar-refractivity contribution in [1.82, 2.24) is 9.80 Å². The summed E-state index contributed by atoms with van der Waals surface area (Å²) < 4.78 is 0. The smallest absolute Gasteiger partial charge is 0.246 e. The molecule has 4 rings (SSSR count). The minimum Gasteiger partial charge on any atom is -0.508 e. The number of thiol groups is 1. The van der Waals surface area contributed by atoms with Crippen molar-refractivity contribution in [2.45, 2.75) is 13.0 Å². The second kappa shape index (κ2) is 8.84. The van der Waals surface area contributed by atoms with Gasteiger partial charge in [-0.25, -0.2) is 4.99 Å². The van der Waals surface area contributed by atoms with Crippen molar-refractivity contribution in [3.8, 4) is 5.75 Å². The number of fused-ring (bicyclic) bond motifs is 1. The van der Waals surface area contributed by atoms with Crippen LogP contribution in [0.5, 0.6) is 5.75 Å².